The van der Waals surface area contributed by atoms with E-state index in [1.807, 2.05) is 60.7 Å². The number of benzene rings is 3. The van der Waals surface area contributed by atoms with Crippen LogP contribution in [0.5, 0.6) is 0 Å². The number of amides is 1. The van der Waals surface area contributed by atoms with Gasteiger partial charge in [0.25, 0.3) is 5.91 Å². The number of rotatable bonds is 7. The second kappa shape index (κ2) is 9.62. The topological polar surface area (TPSA) is 59.8 Å². The van der Waals surface area contributed by atoms with Crippen molar-refractivity contribution in [2.75, 3.05) is 20.3 Å². The molecule has 1 aromatic heterocycles. The SMILES string of the molecule is COCCN(Cc1ccccc1)C(=O)c1cccc2c(=O)c(C)c(-c3ccccc3)oc12. The molecular weight excluding hydrogens is 402 g/mol. The Morgan fingerprint density at radius 2 is 1.62 bits per heavy atom. The third kappa shape index (κ3) is 4.34. The molecule has 1 heterocycles. The van der Waals surface area contributed by atoms with E-state index in [0.717, 1.165) is 11.1 Å². The van der Waals surface area contributed by atoms with Gasteiger partial charge in [-0.1, -0.05) is 66.7 Å². The highest BCUT2D eigenvalue weighted by Crippen LogP contribution is 2.28. The van der Waals surface area contributed by atoms with Crippen LogP contribution in [0.15, 0.2) is 88.1 Å². The molecular formula is C27H25NO4. The fraction of sp³-hybridized carbons (Fsp3) is 0.185. The van der Waals surface area contributed by atoms with E-state index in [1.54, 1.807) is 37.1 Å². The first-order valence-electron chi connectivity index (χ1n) is 10.5. The van der Waals surface area contributed by atoms with Gasteiger partial charge in [-0.25, -0.2) is 0 Å². The van der Waals surface area contributed by atoms with Gasteiger partial charge >= 0.3 is 0 Å². The van der Waals surface area contributed by atoms with Crippen molar-refractivity contribution in [1.82, 2.24) is 4.90 Å². The van der Waals surface area contributed by atoms with Crippen molar-refractivity contribution in [3.05, 3.63) is 106 Å². The van der Waals surface area contributed by atoms with Crippen molar-refractivity contribution in [3.63, 3.8) is 0 Å². The molecule has 4 aromatic rings. The molecule has 162 valence electrons. The van der Waals surface area contributed by atoms with Gasteiger partial charge in [-0.2, -0.15) is 0 Å². The number of nitrogens with zero attached hydrogens (tertiary/aromatic N) is 1. The van der Waals surface area contributed by atoms with E-state index in [9.17, 15) is 9.59 Å². The zero-order valence-corrected chi connectivity index (χ0v) is 18.2. The van der Waals surface area contributed by atoms with Crippen LogP contribution in [0.1, 0.15) is 21.5 Å². The highest BCUT2D eigenvalue weighted by atomic mass is 16.5. The van der Waals surface area contributed by atoms with Gasteiger partial charge in [-0.15, -0.1) is 0 Å². The highest BCUT2D eigenvalue weighted by molar-refractivity contribution is 6.05. The fourth-order valence-corrected chi connectivity index (χ4v) is 3.77. The van der Waals surface area contributed by atoms with Crippen LogP contribution < -0.4 is 5.43 Å². The van der Waals surface area contributed by atoms with Gasteiger partial charge in [0.1, 0.15) is 5.76 Å². The summed E-state index contributed by atoms with van der Waals surface area (Å²) in [4.78, 5) is 28.5. The molecule has 0 unspecified atom stereocenters. The molecule has 0 spiro atoms. The van der Waals surface area contributed by atoms with Crippen molar-refractivity contribution in [2.45, 2.75) is 13.5 Å². The molecule has 0 aliphatic heterocycles. The molecule has 0 saturated heterocycles. The quantitative estimate of drug-likeness (QED) is 0.414. The minimum absolute atomic E-state index is 0.133. The Morgan fingerprint density at radius 1 is 0.938 bits per heavy atom. The van der Waals surface area contributed by atoms with E-state index in [-0.39, 0.29) is 11.3 Å². The molecule has 0 aliphatic carbocycles. The maximum Gasteiger partial charge on any atom is 0.258 e. The molecule has 0 aliphatic rings. The molecule has 1 amide bonds. The second-order valence-electron chi connectivity index (χ2n) is 7.64. The predicted molar refractivity (Wildman–Crippen MR) is 126 cm³/mol. The van der Waals surface area contributed by atoms with Crippen LogP contribution in [0.3, 0.4) is 0 Å². The van der Waals surface area contributed by atoms with Crippen LogP contribution in [0.2, 0.25) is 0 Å². The van der Waals surface area contributed by atoms with Crippen LogP contribution in [0.25, 0.3) is 22.3 Å². The van der Waals surface area contributed by atoms with Crippen LogP contribution in [0.4, 0.5) is 0 Å². The molecule has 0 bridgehead atoms. The zero-order valence-electron chi connectivity index (χ0n) is 18.2. The average molecular weight is 428 g/mol. The molecule has 32 heavy (non-hydrogen) atoms. The van der Waals surface area contributed by atoms with Gasteiger partial charge in [0.15, 0.2) is 11.0 Å². The number of carbonyl (C=O) groups is 1. The standard InChI is InChI=1S/C27H25NO4/c1-19-24(29)22-14-9-15-23(26(22)32-25(19)21-12-7-4-8-13-21)27(30)28(16-17-31-2)18-20-10-5-3-6-11-20/h3-15H,16-18H2,1-2H3. The summed E-state index contributed by atoms with van der Waals surface area (Å²) in [5.74, 6) is 0.275. The van der Waals surface area contributed by atoms with E-state index in [0.29, 0.717) is 47.6 Å². The first kappa shape index (κ1) is 21.5. The summed E-state index contributed by atoms with van der Waals surface area (Å²) < 4.78 is 11.5. The van der Waals surface area contributed by atoms with Gasteiger partial charge in [0.2, 0.25) is 0 Å². The summed E-state index contributed by atoms with van der Waals surface area (Å²) >= 11 is 0. The molecule has 5 heteroatoms. The van der Waals surface area contributed by atoms with Crippen LogP contribution >= 0.6 is 0 Å². The summed E-state index contributed by atoms with van der Waals surface area (Å²) in [5, 5.41) is 0.402. The van der Waals surface area contributed by atoms with E-state index >= 15 is 0 Å². The van der Waals surface area contributed by atoms with Crippen LogP contribution in [0, 0.1) is 6.92 Å². The maximum absolute atomic E-state index is 13.6. The number of carbonyl (C=O) groups excluding carboxylic acids is 1. The highest BCUT2D eigenvalue weighted by Gasteiger charge is 2.22. The second-order valence-corrected chi connectivity index (χ2v) is 7.64. The molecule has 0 radical (unpaired) electrons. The molecule has 5 nitrogen and oxygen atoms in total. The first-order valence-corrected chi connectivity index (χ1v) is 10.5. The summed E-state index contributed by atoms with van der Waals surface area (Å²) in [7, 11) is 1.61. The zero-order chi connectivity index (χ0) is 22.5. The fourth-order valence-electron chi connectivity index (χ4n) is 3.77. The third-order valence-corrected chi connectivity index (χ3v) is 5.48. The normalized spacial score (nSPS) is 10.9. The largest absolute Gasteiger partial charge is 0.455 e. The number of hydrogen-bond acceptors (Lipinski definition) is 4. The number of para-hydroxylation sites is 1. The lowest BCUT2D eigenvalue weighted by Crippen LogP contribution is -2.33. The van der Waals surface area contributed by atoms with Crippen molar-refractivity contribution < 1.29 is 13.9 Å². The number of ether oxygens (including phenoxy) is 1. The third-order valence-electron chi connectivity index (χ3n) is 5.48. The van der Waals surface area contributed by atoms with E-state index in [4.69, 9.17) is 9.15 Å². The van der Waals surface area contributed by atoms with E-state index in [1.165, 1.54) is 0 Å². The van der Waals surface area contributed by atoms with Crippen molar-refractivity contribution in [1.29, 1.82) is 0 Å². The predicted octanol–water partition coefficient (Wildman–Crippen LogP) is 5.06. The Balaban J connectivity index is 1.82. The monoisotopic (exact) mass is 427 g/mol. The lowest BCUT2D eigenvalue weighted by molar-refractivity contribution is 0.0681. The van der Waals surface area contributed by atoms with Crippen LogP contribution in [-0.4, -0.2) is 31.1 Å². The van der Waals surface area contributed by atoms with Gasteiger partial charge in [0, 0.05) is 31.3 Å². The number of methoxy groups -OCH3 is 1. The molecule has 0 saturated carbocycles. The molecule has 0 N–H and O–H groups in total. The summed E-state index contributed by atoms with van der Waals surface area (Å²) in [6.07, 6.45) is 0. The lowest BCUT2D eigenvalue weighted by atomic mass is 10.0. The molecule has 0 fully saturated rings. The van der Waals surface area contributed by atoms with Gasteiger partial charge in [-0.05, 0) is 24.6 Å². The summed E-state index contributed by atoms with van der Waals surface area (Å²) in [6.45, 7) is 3.01. The van der Waals surface area contributed by atoms with Gasteiger partial charge in [0.05, 0.1) is 17.6 Å². The minimum Gasteiger partial charge on any atom is -0.455 e. The summed E-state index contributed by atoms with van der Waals surface area (Å²) in [6, 6.07) is 24.4. The Bertz CT molecular complexity index is 1280. The lowest BCUT2D eigenvalue weighted by Gasteiger charge is -2.23. The van der Waals surface area contributed by atoms with Crippen molar-refractivity contribution in [2.24, 2.45) is 0 Å². The first-order chi connectivity index (χ1) is 15.6. The van der Waals surface area contributed by atoms with Gasteiger partial charge < -0.3 is 14.1 Å². The Hall–Kier alpha value is -3.70. The summed E-state index contributed by atoms with van der Waals surface area (Å²) in [5.41, 5.74) is 2.87. The average Bonchev–Trinajstić information content (AvgIpc) is 2.84. The molecule has 4 rings (SSSR count). The Labute approximate surface area is 186 Å². The van der Waals surface area contributed by atoms with Crippen LogP contribution in [-0.2, 0) is 11.3 Å². The van der Waals surface area contributed by atoms with E-state index < -0.39 is 0 Å². The number of hydrogen-bond donors (Lipinski definition) is 0. The maximum atomic E-state index is 13.6. The minimum atomic E-state index is -0.206. The Kier molecular flexibility index (Phi) is 6.47. The smallest absolute Gasteiger partial charge is 0.258 e. The van der Waals surface area contributed by atoms with E-state index in [2.05, 4.69) is 0 Å². The Morgan fingerprint density at radius 3 is 2.31 bits per heavy atom. The van der Waals surface area contributed by atoms with Crippen molar-refractivity contribution in [3.8, 4) is 11.3 Å². The van der Waals surface area contributed by atoms with Gasteiger partial charge in [-0.3, -0.25) is 9.59 Å². The van der Waals surface area contributed by atoms with Crippen molar-refractivity contribution >= 4 is 16.9 Å². The molecule has 3 aromatic carbocycles. The molecule has 0 atom stereocenters. The number of fused-ring (bicyclic) bond motifs is 1.